The lowest BCUT2D eigenvalue weighted by atomic mass is 10.1. The average molecular weight is 349 g/mol. The van der Waals surface area contributed by atoms with Gasteiger partial charge in [-0.15, -0.1) is 0 Å². The normalized spacial score (nSPS) is 13.8. The van der Waals surface area contributed by atoms with Crippen molar-refractivity contribution in [3.63, 3.8) is 0 Å². The van der Waals surface area contributed by atoms with Crippen LogP contribution in [0.5, 0.6) is 0 Å². The predicted octanol–water partition coefficient (Wildman–Crippen LogP) is 2.29. The second kappa shape index (κ2) is 10.4. The molecular weight excluding hydrogens is 322 g/mol. The van der Waals surface area contributed by atoms with Crippen molar-refractivity contribution in [1.82, 2.24) is 5.32 Å². The Hall–Kier alpha value is -1.44. The van der Waals surface area contributed by atoms with E-state index in [1.54, 1.807) is 27.7 Å². The summed E-state index contributed by atoms with van der Waals surface area (Å²) in [4.78, 5) is 34.5. The van der Waals surface area contributed by atoms with Crippen LogP contribution in [0.15, 0.2) is 0 Å². The van der Waals surface area contributed by atoms with Gasteiger partial charge in [0.1, 0.15) is 11.6 Å². The number of esters is 1. The molecule has 0 aromatic heterocycles. The minimum Gasteiger partial charge on any atom is -0.480 e. The van der Waals surface area contributed by atoms with Crippen LogP contribution < -0.4 is 5.32 Å². The van der Waals surface area contributed by atoms with Gasteiger partial charge in [0.05, 0.1) is 12.5 Å². The van der Waals surface area contributed by atoms with Crippen LogP contribution in [0.3, 0.4) is 0 Å². The number of alkyl carbamates (subject to hydrolysis) is 1. The molecule has 7 nitrogen and oxygen atoms in total. The number of ether oxygens (including phenoxy) is 2. The number of aliphatic carboxylic acids is 1. The number of carboxylic acid groups (broad SMARTS) is 1. The maximum absolute atomic E-state index is 11.7. The number of amides is 1. The van der Waals surface area contributed by atoms with Crippen molar-refractivity contribution in [2.45, 2.75) is 52.7 Å². The molecule has 0 aliphatic heterocycles. The van der Waals surface area contributed by atoms with Crippen molar-refractivity contribution in [2.24, 2.45) is 5.92 Å². The zero-order valence-electron chi connectivity index (χ0n) is 14.4. The number of rotatable bonds is 9. The Morgan fingerprint density at radius 1 is 1.17 bits per heavy atom. The maximum atomic E-state index is 11.7. The van der Waals surface area contributed by atoms with Crippen LogP contribution in [0, 0.1) is 5.92 Å². The molecule has 0 saturated carbocycles. The molecule has 2 N–H and O–H groups in total. The van der Waals surface area contributed by atoms with E-state index < -0.39 is 23.7 Å². The van der Waals surface area contributed by atoms with Crippen LogP contribution >= 0.6 is 11.8 Å². The van der Waals surface area contributed by atoms with Gasteiger partial charge in [-0.2, -0.15) is 11.8 Å². The van der Waals surface area contributed by atoms with Crippen molar-refractivity contribution >= 4 is 29.8 Å². The van der Waals surface area contributed by atoms with Gasteiger partial charge < -0.3 is 19.9 Å². The summed E-state index contributed by atoms with van der Waals surface area (Å²) in [6.07, 6.45) is -0.161. The molecule has 0 bridgehead atoms. The SMILES string of the molecule is CCOC(=O)C(CC)CSC[C@H](NC(=O)OC(C)(C)C)C(=O)O. The zero-order chi connectivity index (χ0) is 18.0. The fourth-order valence-electron chi connectivity index (χ4n) is 1.57. The first kappa shape index (κ1) is 21.6. The first-order chi connectivity index (χ1) is 10.6. The molecule has 0 fully saturated rings. The Morgan fingerprint density at radius 3 is 2.22 bits per heavy atom. The lowest BCUT2D eigenvalue weighted by Crippen LogP contribution is -2.45. The molecule has 1 amide bonds. The summed E-state index contributed by atoms with van der Waals surface area (Å²) in [5.74, 6) is -1.13. The number of hydrogen-bond donors (Lipinski definition) is 2. The van der Waals surface area contributed by atoms with Gasteiger partial charge in [-0.1, -0.05) is 6.92 Å². The van der Waals surface area contributed by atoms with Gasteiger partial charge in [-0.25, -0.2) is 9.59 Å². The topological polar surface area (TPSA) is 102 Å². The zero-order valence-corrected chi connectivity index (χ0v) is 15.2. The highest BCUT2D eigenvalue weighted by molar-refractivity contribution is 7.99. The summed E-state index contributed by atoms with van der Waals surface area (Å²) in [5, 5.41) is 11.5. The molecule has 0 rings (SSSR count). The summed E-state index contributed by atoms with van der Waals surface area (Å²) in [5.41, 5.74) is -0.697. The van der Waals surface area contributed by atoms with Gasteiger partial charge >= 0.3 is 18.0 Å². The average Bonchev–Trinajstić information content (AvgIpc) is 2.40. The van der Waals surface area contributed by atoms with E-state index in [1.807, 2.05) is 6.92 Å². The van der Waals surface area contributed by atoms with E-state index in [9.17, 15) is 14.4 Å². The molecular formula is C15H27NO6S. The highest BCUT2D eigenvalue weighted by Crippen LogP contribution is 2.15. The lowest BCUT2D eigenvalue weighted by molar-refractivity contribution is -0.147. The van der Waals surface area contributed by atoms with E-state index in [-0.39, 0.29) is 17.6 Å². The molecule has 0 spiro atoms. The molecule has 0 heterocycles. The summed E-state index contributed by atoms with van der Waals surface area (Å²) in [7, 11) is 0. The largest absolute Gasteiger partial charge is 0.480 e. The second-order valence-corrected chi connectivity index (χ2v) is 7.01. The highest BCUT2D eigenvalue weighted by atomic mass is 32.2. The maximum Gasteiger partial charge on any atom is 0.408 e. The number of hydrogen-bond acceptors (Lipinski definition) is 6. The van der Waals surface area contributed by atoms with Crippen LogP contribution in [0.2, 0.25) is 0 Å². The van der Waals surface area contributed by atoms with Crippen LogP contribution in [-0.4, -0.2) is 52.9 Å². The summed E-state index contributed by atoms with van der Waals surface area (Å²) >= 11 is 1.28. The van der Waals surface area contributed by atoms with Gasteiger partial charge in [-0.05, 0) is 34.1 Å². The van der Waals surface area contributed by atoms with Crippen molar-refractivity contribution in [1.29, 1.82) is 0 Å². The van der Waals surface area contributed by atoms with Gasteiger partial charge in [0.15, 0.2) is 0 Å². The van der Waals surface area contributed by atoms with Gasteiger partial charge in [-0.3, -0.25) is 4.79 Å². The van der Waals surface area contributed by atoms with Crippen LogP contribution in [-0.2, 0) is 19.1 Å². The van der Waals surface area contributed by atoms with Crippen molar-refractivity contribution in [3.8, 4) is 0 Å². The van der Waals surface area contributed by atoms with E-state index in [4.69, 9.17) is 14.6 Å². The minimum atomic E-state index is -1.15. The number of carboxylic acids is 1. The first-order valence-electron chi connectivity index (χ1n) is 7.57. The molecule has 23 heavy (non-hydrogen) atoms. The monoisotopic (exact) mass is 349 g/mol. The summed E-state index contributed by atoms with van der Waals surface area (Å²) in [6, 6.07) is -1.07. The first-order valence-corrected chi connectivity index (χ1v) is 8.72. The molecule has 0 aromatic rings. The third-order valence-electron chi connectivity index (χ3n) is 2.71. The highest BCUT2D eigenvalue weighted by Gasteiger charge is 2.25. The lowest BCUT2D eigenvalue weighted by Gasteiger charge is -2.22. The van der Waals surface area contributed by atoms with Crippen molar-refractivity contribution in [3.05, 3.63) is 0 Å². The molecule has 0 aromatic carbocycles. The summed E-state index contributed by atoms with van der Waals surface area (Å²) in [6.45, 7) is 9.02. The van der Waals surface area contributed by atoms with Gasteiger partial charge in [0.25, 0.3) is 0 Å². The van der Waals surface area contributed by atoms with E-state index in [0.717, 1.165) is 0 Å². The summed E-state index contributed by atoms with van der Waals surface area (Å²) < 4.78 is 10.0. The fraction of sp³-hybridized carbons (Fsp3) is 0.800. The van der Waals surface area contributed by atoms with E-state index in [2.05, 4.69) is 5.32 Å². The van der Waals surface area contributed by atoms with Crippen LogP contribution in [0.4, 0.5) is 4.79 Å². The second-order valence-electron chi connectivity index (χ2n) is 5.93. The molecule has 134 valence electrons. The fourth-order valence-corrected chi connectivity index (χ4v) is 2.82. The molecule has 8 heteroatoms. The third-order valence-corrected chi connectivity index (χ3v) is 3.91. The predicted molar refractivity (Wildman–Crippen MR) is 88.5 cm³/mol. The third kappa shape index (κ3) is 10.0. The Morgan fingerprint density at radius 2 is 1.78 bits per heavy atom. The van der Waals surface area contributed by atoms with Gasteiger partial charge in [0, 0.05) is 11.5 Å². The number of nitrogens with one attached hydrogen (secondary N) is 1. The molecule has 0 saturated heterocycles. The number of carbonyl (C=O) groups is 3. The van der Waals surface area contributed by atoms with Crippen molar-refractivity contribution in [2.75, 3.05) is 18.1 Å². The molecule has 0 aliphatic rings. The van der Waals surface area contributed by atoms with E-state index in [1.165, 1.54) is 11.8 Å². The van der Waals surface area contributed by atoms with E-state index in [0.29, 0.717) is 18.8 Å². The van der Waals surface area contributed by atoms with Gasteiger partial charge in [0.2, 0.25) is 0 Å². The van der Waals surface area contributed by atoms with Crippen LogP contribution in [0.25, 0.3) is 0 Å². The Labute approximate surface area is 141 Å². The Bertz CT molecular complexity index is 407. The molecule has 1 unspecified atom stereocenters. The van der Waals surface area contributed by atoms with Crippen molar-refractivity contribution < 1.29 is 29.0 Å². The number of thioether (sulfide) groups is 1. The molecule has 0 aliphatic carbocycles. The van der Waals surface area contributed by atoms with E-state index >= 15 is 0 Å². The standard InChI is InChI=1S/C15H27NO6S/c1-6-10(13(19)21-7-2)8-23-9-11(12(17)18)16-14(20)22-15(3,4)5/h10-11H,6-9H2,1-5H3,(H,16,20)(H,17,18)/t10?,11-/m0/s1. The smallest absolute Gasteiger partial charge is 0.408 e. The number of carbonyl (C=O) groups excluding carboxylic acids is 2. The Kier molecular flexibility index (Phi) is 9.71. The minimum absolute atomic E-state index is 0.143. The molecule has 0 radical (unpaired) electrons. The Balaban J connectivity index is 4.41. The van der Waals surface area contributed by atoms with Crippen LogP contribution in [0.1, 0.15) is 41.0 Å². The quantitative estimate of drug-likeness (QED) is 0.616. The molecule has 2 atom stereocenters.